The van der Waals surface area contributed by atoms with Crippen molar-refractivity contribution >= 4 is 17.5 Å². The van der Waals surface area contributed by atoms with Gasteiger partial charge in [0, 0.05) is 18.2 Å². The van der Waals surface area contributed by atoms with E-state index in [1.807, 2.05) is 19.9 Å². The van der Waals surface area contributed by atoms with Crippen LogP contribution in [0.15, 0.2) is 18.2 Å². The van der Waals surface area contributed by atoms with Crippen LogP contribution in [0.5, 0.6) is 5.75 Å². The molecule has 100 valence electrons. The molecule has 1 unspecified atom stereocenters. The summed E-state index contributed by atoms with van der Waals surface area (Å²) in [6.07, 6.45) is -0.613. The fourth-order valence-electron chi connectivity index (χ4n) is 1.48. The molecule has 1 atom stereocenters. The summed E-state index contributed by atoms with van der Waals surface area (Å²) in [5.41, 5.74) is 6.40. The van der Waals surface area contributed by atoms with Gasteiger partial charge >= 0.3 is 0 Å². The Labute approximate surface area is 112 Å². The van der Waals surface area contributed by atoms with Gasteiger partial charge in [0.2, 0.25) is 0 Å². The summed E-state index contributed by atoms with van der Waals surface area (Å²) in [7, 11) is 0. The summed E-state index contributed by atoms with van der Waals surface area (Å²) in [6.45, 7) is 5.78. The molecule has 0 bridgehead atoms. The number of hydrogen-bond acceptors (Lipinski definition) is 3. The average Bonchev–Trinajstić information content (AvgIpc) is 2.30. The molecular weight excluding hydrogens is 252 g/mol. The number of nitrogens with two attached hydrogens (primary N) is 1. The molecule has 0 aliphatic rings. The Morgan fingerprint density at radius 3 is 2.67 bits per heavy atom. The van der Waals surface area contributed by atoms with Crippen LogP contribution in [-0.4, -0.2) is 18.1 Å². The van der Waals surface area contributed by atoms with Crippen LogP contribution >= 0.6 is 11.6 Å². The van der Waals surface area contributed by atoms with Crippen molar-refractivity contribution in [2.75, 3.05) is 0 Å². The first kappa shape index (κ1) is 14.8. The standard InChI is InChI=1S/C13H19ClN2O2/c1-8(2)16-13(17)9(3)18-12-10(7-15)5-4-6-11(12)14/h4-6,8-9H,7,15H2,1-3H3,(H,16,17). The Morgan fingerprint density at radius 2 is 2.11 bits per heavy atom. The maximum Gasteiger partial charge on any atom is 0.260 e. The van der Waals surface area contributed by atoms with Crippen molar-refractivity contribution < 1.29 is 9.53 Å². The van der Waals surface area contributed by atoms with Gasteiger partial charge in [-0.15, -0.1) is 0 Å². The first-order chi connectivity index (χ1) is 8.45. The molecule has 1 amide bonds. The molecule has 0 spiro atoms. The van der Waals surface area contributed by atoms with Gasteiger partial charge in [-0.2, -0.15) is 0 Å². The molecule has 0 saturated carbocycles. The van der Waals surface area contributed by atoms with Gasteiger partial charge < -0.3 is 15.8 Å². The topological polar surface area (TPSA) is 64.3 Å². The second kappa shape index (κ2) is 6.61. The number of hydrogen-bond donors (Lipinski definition) is 2. The molecule has 18 heavy (non-hydrogen) atoms. The second-order valence-electron chi connectivity index (χ2n) is 4.36. The molecule has 0 aromatic heterocycles. The lowest BCUT2D eigenvalue weighted by molar-refractivity contribution is -0.127. The van der Waals surface area contributed by atoms with Crippen molar-refractivity contribution in [1.82, 2.24) is 5.32 Å². The first-order valence-electron chi connectivity index (χ1n) is 5.90. The predicted octanol–water partition coefficient (Wildman–Crippen LogP) is 2.09. The van der Waals surface area contributed by atoms with Crippen molar-refractivity contribution in [2.24, 2.45) is 5.73 Å². The number of rotatable bonds is 5. The zero-order valence-corrected chi connectivity index (χ0v) is 11.6. The molecule has 1 aromatic carbocycles. The zero-order valence-electron chi connectivity index (χ0n) is 10.9. The molecule has 4 nitrogen and oxygen atoms in total. The molecule has 0 radical (unpaired) electrons. The first-order valence-corrected chi connectivity index (χ1v) is 6.28. The van der Waals surface area contributed by atoms with Gasteiger partial charge in [-0.3, -0.25) is 4.79 Å². The molecule has 0 heterocycles. The lowest BCUT2D eigenvalue weighted by Gasteiger charge is -2.19. The highest BCUT2D eigenvalue weighted by Crippen LogP contribution is 2.29. The maximum absolute atomic E-state index is 11.8. The number of carbonyl (C=O) groups is 1. The Kier molecular flexibility index (Phi) is 5.44. The molecular formula is C13H19ClN2O2. The number of nitrogens with one attached hydrogen (secondary N) is 1. The summed E-state index contributed by atoms with van der Waals surface area (Å²) in [4.78, 5) is 11.8. The molecule has 0 aliphatic heterocycles. The largest absolute Gasteiger partial charge is 0.479 e. The monoisotopic (exact) mass is 270 g/mol. The normalized spacial score (nSPS) is 12.3. The minimum absolute atomic E-state index is 0.0729. The highest BCUT2D eigenvalue weighted by molar-refractivity contribution is 6.32. The van der Waals surface area contributed by atoms with Gasteiger partial charge in [-0.1, -0.05) is 23.7 Å². The third-order valence-electron chi connectivity index (χ3n) is 2.36. The Morgan fingerprint density at radius 1 is 1.44 bits per heavy atom. The summed E-state index contributed by atoms with van der Waals surface area (Å²) < 4.78 is 5.61. The van der Waals surface area contributed by atoms with Crippen molar-refractivity contribution in [3.8, 4) is 5.75 Å². The van der Waals surface area contributed by atoms with Gasteiger partial charge in [-0.05, 0) is 26.8 Å². The predicted molar refractivity (Wildman–Crippen MR) is 72.7 cm³/mol. The summed E-state index contributed by atoms with van der Waals surface area (Å²) in [5.74, 6) is 0.306. The van der Waals surface area contributed by atoms with Gasteiger partial charge in [-0.25, -0.2) is 0 Å². The molecule has 3 N–H and O–H groups in total. The van der Waals surface area contributed by atoms with E-state index in [0.29, 0.717) is 17.3 Å². The van der Waals surface area contributed by atoms with Gasteiger partial charge in [0.15, 0.2) is 6.10 Å². The number of amides is 1. The van der Waals surface area contributed by atoms with Crippen LogP contribution in [-0.2, 0) is 11.3 Å². The zero-order chi connectivity index (χ0) is 13.7. The van der Waals surface area contributed by atoms with Crippen LogP contribution in [0.4, 0.5) is 0 Å². The SMILES string of the molecule is CC(C)NC(=O)C(C)Oc1c(Cl)cccc1CN. The van der Waals surface area contributed by atoms with E-state index in [-0.39, 0.29) is 11.9 Å². The van der Waals surface area contributed by atoms with Gasteiger partial charge in [0.1, 0.15) is 5.75 Å². The van der Waals surface area contributed by atoms with Crippen LogP contribution < -0.4 is 15.8 Å². The smallest absolute Gasteiger partial charge is 0.260 e. The lowest BCUT2D eigenvalue weighted by atomic mass is 10.2. The van der Waals surface area contributed by atoms with Crippen molar-refractivity contribution in [3.63, 3.8) is 0 Å². The highest BCUT2D eigenvalue weighted by Gasteiger charge is 2.18. The van der Waals surface area contributed by atoms with Crippen molar-refractivity contribution in [2.45, 2.75) is 39.5 Å². The number of para-hydroxylation sites is 1. The Balaban J connectivity index is 2.81. The van der Waals surface area contributed by atoms with Crippen LogP contribution in [0.2, 0.25) is 5.02 Å². The number of benzene rings is 1. The van der Waals surface area contributed by atoms with Crippen molar-refractivity contribution in [3.05, 3.63) is 28.8 Å². The average molecular weight is 271 g/mol. The van der Waals surface area contributed by atoms with Crippen LogP contribution in [0.3, 0.4) is 0 Å². The maximum atomic E-state index is 11.8. The third-order valence-corrected chi connectivity index (χ3v) is 2.66. The molecule has 5 heteroatoms. The van der Waals surface area contributed by atoms with Crippen molar-refractivity contribution in [1.29, 1.82) is 0 Å². The molecule has 0 fully saturated rings. The van der Waals surface area contributed by atoms with E-state index in [2.05, 4.69) is 5.32 Å². The van der Waals surface area contributed by atoms with E-state index in [1.54, 1.807) is 19.1 Å². The van der Waals surface area contributed by atoms with Gasteiger partial charge in [0.25, 0.3) is 5.91 Å². The molecule has 0 aliphatic carbocycles. The number of ether oxygens (including phenoxy) is 1. The quantitative estimate of drug-likeness (QED) is 0.861. The highest BCUT2D eigenvalue weighted by atomic mass is 35.5. The minimum Gasteiger partial charge on any atom is -0.479 e. The third kappa shape index (κ3) is 3.89. The summed E-state index contributed by atoms with van der Waals surface area (Å²) in [5, 5.41) is 3.24. The van der Waals surface area contributed by atoms with E-state index >= 15 is 0 Å². The van der Waals surface area contributed by atoms with E-state index in [0.717, 1.165) is 5.56 Å². The Hall–Kier alpha value is -1.26. The molecule has 1 rings (SSSR count). The summed E-state index contributed by atoms with van der Waals surface area (Å²) >= 11 is 6.05. The molecule has 0 saturated heterocycles. The minimum atomic E-state index is -0.613. The van der Waals surface area contributed by atoms with Gasteiger partial charge in [0.05, 0.1) is 5.02 Å². The molecule has 1 aromatic rings. The fourth-order valence-corrected chi connectivity index (χ4v) is 1.72. The lowest BCUT2D eigenvalue weighted by Crippen LogP contribution is -2.40. The van der Waals surface area contributed by atoms with Crippen LogP contribution in [0.1, 0.15) is 26.3 Å². The van der Waals surface area contributed by atoms with E-state index in [9.17, 15) is 4.79 Å². The van der Waals surface area contributed by atoms with E-state index in [1.165, 1.54) is 0 Å². The van der Waals surface area contributed by atoms with Crippen LogP contribution in [0, 0.1) is 0 Å². The number of halogens is 1. The van der Waals surface area contributed by atoms with E-state index in [4.69, 9.17) is 22.1 Å². The second-order valence-corrected chi connectivity index (χ2v) is 4.76. The summed E-state index contributed by atoms with van der Waals surface area (Å²) in [6, 6.07) is 5.41. The number of carbonyl (C=O) groups excluding carboxylic acids is 1. The van der Waals surface area contributed by atoms with E-state index < -0.39 is 6.10 Å². The van der Waals surface area contributed by atoms with Crippen LogP contribution in [0.25, 0.3) is 0 Å². The Bertz CT molecular complexity index is 421. The fraction of sp³-hybridized carbons (Fsp3) is 0.462.